The lowest BCUT2D eigenvalue weighted by atomic mass is 10.2. The summed E-state index contributed by atoms with van der Waals surface area (Å²) in [7, 11) is 0. The lowest BCUT2D eigenvalue weighted by molar-refractivity contribution is -0.133. The van der Waals surface area contributed by atoms with Gasteiger partial charge >= 0.3 is 0 Å². The van der Waals surface area contributed by atoms with Gasteiger partial charge in [-0.1, -0.05) is 0 Å². The number of ether oxygens (including phenoxy) is 3. The quantitative estimate of drug-likeness (QED) is 0.647. The molecule has 0 N–H and O–H groups in total. The van der Waals surface area contributed by atoms with E-state index in [1.807, 2.05) is 6.92 Å². The highest BCUT2D eigenvalue weighted by Gasteiger charge is 2.32. The molecule has 0 spiro atoms. The van der Waals surface area contributed by atoms with Gasteiger partial charge in [0.05, 0.1) is 0 Å². The van der Waals surface area contributed by atoms with Gasteiger partial charge < -0.3 is 14.2 Å². The molecule has 1 aliphatic heterocycles. The van der Waals surface area contributed by atoms with Crippen LogP contribution in [0.4, 0.5) is 0 Å². The molecule has 1 rings (SSSR count). The number of carbonyl (C=O) groups excluding carboxylic acids is 1. The van der Waals surface area contributed by atoms with Crippen LogP contribution in [0.1, 0.15) is 27.7 Å². The first-order valence-electron chi connectivity index (χ1n) is 4.76. The zero-order valence-electron chi connectivity index (χ0n) is 8.99. The molecule has 1 aliphatic rings. The molecule has 0 radical (unpaired) electrons. The molecule has 4 heteroatoms. The SMILES string of the molecule is CCOC(C)OC1=C(C)OC(C)C1=O. The number of hydrogen-bond donors (Lipinski definition) is 0. The fraction of sp³-hybridized carbons (Fsp3) is 0.700. The van der Waals surface area contributed by atoms with E-state index in [-0.39, 0.29) is 5.78 Å². The van der Waals surface area contributed by atoms with E-state index in [0.717, 1.165) is 0 Å². The fourth-order valence-electron chi connectivity index (χ4n) is 1.31. The van der Waals surface area contributed by atoms with Crippen LogP contribution in [0, 0.1) is 0 Å². The minimum Gasteiger partial charge on any atom is -0.483 e. The maximum absolute atomic E-state index is 11.5. The zero-order chi connectivity index (χ0) is 10.7. The molecule has 2 unspecified atom stereocenters. The largest absolute Gasteiger partial charge is 0.483 e. The third-order valence-corrected chi connectivity index (χ3v) is 1.95. The summed E-state index contributed by atoms with van der Waals surface area (Å²) in [5.74, 6) is 0.710. The lowest BCUT2D eigenvalue weighted by Crippen LogP contribution is -2.19. The van der Waals surface area contributed by atoms with Gasteiger partial charge in [-0.2, -0.15) is 0 Å². The van der Waals surface area contributed by atoms with Crippen molar-refractivity contribution >= 4 is 5.78 Å². The minimum atomic E-state index is -0.432. The van der Waals surface area contributed by atoms with Crippen molar-refractivity contribution in [3.8, 4) is 0 Å². The normalized spacial score (nSPS) is 23.7. The van der Waals surface area contributed by atoms with E-state index in [1.54, 1.807) is 20.8 Å². The van der Waals surface area contributed by atoms with Crippen LogP contribution in [0.2, 0.25) is 0 Å². The van der Waals surface area contributed by atoms with Crippen LogP contribution in [0.25, 0.3) is 0 Å². The molecule has 1 heterocycles. The van der Waals surface area contributed by atoms with Crippen LogP contribution in [0.5, 0.6) is 0 Å². The summed E-state index contributed by atoms with van der Waals surface area (Å²) in [6, 6.07) is 0. The van der Waals surface area contributed by atoms with Crippen LogP contribution < -0.4 is 0 Å². The first-order chi connectivity index (χ1) is 6.56. The number of carbonyl (C=O) groups is 1. The van der Waals surface area contributed by atoms with E-state index in [9.17, 15) is 4.79 Å². The fourth-order valence-corrected chi connectivity index (χ4v) is 1.31. The summed E-state index contributed by atoms with van der Waals surface area (Å²) in [6.07, 6.45) is -0.846. The van der Waals surface area contributed by atoms with Crippen molar-refractivity contribution in [1.82, 2.24) is 0 Å². The van der Waals surface area contributed by atoms with E-state index in [1.165, 1.54) is 0 Å². The second-order valence-corrected chi connectivity index (χ2v) is 3.15. The Balaban J connectivity index is 2.60. The number of allylic oxidation sites excluding steroid dienone is 1. The van der Waals surface area contributed by atoms with Crippen LogP contribution in [-0.2, 0) is 19.0 Å². The molecule has 0 aliphatic carbocycles. The van der Waals surface area contributed by atoms with Gasteiger partial charge in [-0.25, -0.2) is 0 Å². The molecule has 80 valence electrons. The minimum absolute atomic E-state index is 0.117. The Morgan fingerprint density at radius 2 is 2.21 bits per heavy atom. The topological polar surface area (TPSA) is 44.8 Å². The van der Waals surface area contributed by atoms with Crippen molar-refractivity contribution in [2.75, 3.05) is 6.61 Å². The van der Waals surface area contributed by atoms with Crippen molar-refractivity contribution in [2.45, 2.75) is 40.1 Å². The summed E-state index contributed by atoms with van der Waals surface area (Å²) < 4.78 is 15.7. The summed E-state index contributed by atoms with van der Waals surface area (Å²) in [5.41, 5.74) is 0. The highest BCUT2D eigenvalue weighted by atomic mass is 16.7. The molecule has 0 saturated carbocycles. The van der Waals surface area contributed by atoms with Gasteiger partial charge in [-0.3, -0.25) is 4.79 Å². The molecule has 0 saturated heterocycles. The number of rotatable bonds is 4. The molecule has 0 aromatic carbocycles. The molecular weight excluding hydrogens is 184 g/mol. The molecule has 0 aromatic heterocycles. The van der Waals surface area contributed by atoms with Gasteiger partial charge in [0, 0.05) is 6.61 Å². The molecule has 0 amide bonds. The first kappa shape index (κ1) is 11.0. The Bertz CT molecular complexity index is 257. The summed E-state index contributed by atoms with van der Waals surface area (Å²) >= 11 is 0. The van der Waals surface area contributed by atoms with E-state index < -0.39 is 12.4 Å². The van der Waals surface area contributed by atoms with E-state index in [2.05, 4.69) is 0 Å². The van der Waals surface area contributed by atoms with E-state index >= 15 is 0 Å². The zero-order valence-corrected chi connectivity index (χ0v) is 8.99. The summed E-state index contributed by atoms with van der Waals surface area (Å²) in [5, 5.41) is 0. The number of hydrogen-bond acceptors (Lipinski definition) is 4. The second-order valence-electron chi connectivity index (χ2n) is 3.15. The Hall–Kier alpha value is -1.03. The maximum Gasteiger partial charge on any atom is 0.241 e. The van der Waals surface area contributed by atoms with Gasteiger partial charge in [-0.15, -0.1) is 0 Å². The highest BCUT2D eigenvalue weighted by Crippen LogP contribution is 2.23. The van der Waals surface area contributed by atoms with Crippen molar-refractivity contribution in [2.24, 2.45) is 0 Å². The molecule has 14 heavy (non-hydrogen) atoms. The average molecular weight is 200 g/mol. The van der Waals surface area contributed by atoms with E-state index in [4.69, 9.17) is 14.2 Å². The van der Waals surface area contributed by atoms with Crippen molar-refractivity contribution < 1.29 is 19.0 Å². The average Bonchev–Trinajstić information content (AvgIpc) is 2.33. The number of Topliss-reactive ketones (excluding diaryl/α,β-unsaturated/α-hetero) is 1. The van der Waals surface area contributed by atoms with Crippen molar-refractivity contribution in [3.63, 3.8) is 0 Å². The molecule has 0 aromatic rings. The smallest absolute Gasteiger partial charge is 0.241 e. The molecule has 4 nitrogen and oxygen atoms in total. The first-order valence-corrected chi connectivity index (χ1v) is 4.76. The monoisotopic (exact) mass is 200 g/mol. The highest BCUT2D eigenvalue weighted by molar-refractivity contribution is 5.99. The van der Waals surface area contributed by atoms with Gasteiger partial charge in [0.15, 0.2) is 12.4 Å². The molecular formula is C10H16O4. The molecule has 2 atom stereocenters. The Labute approximate surface area is 83.8 Å². The maximum atomic E-state index is 11.5. The standard InChI is InChI=1S/C10H16O4/c1-5-12-8(4)14-10-7(3)13-6(2)9(10)11/h6,8H,5H2,1-4H3. The Kier molecular flexibility index (Phi) is 3.52. The Morgan fingerprint density at radius 3 is 2.64 bits per heavy atom. The van der Waals surface area contributed by atoms with Gasteiger partial charge in [-0.05, 0) is 27.7 Å². The van der Waals surface area contributed by atoms with Crippen LogP contribution >= 0.6 is 0 Å². The lowest BCUT2D eigenvalue weighted by Gasteiger charge is -2.13. The van der Waals surface area contributed by atoms with Gasteiger partial charge in [0.2, 0.25) is 11.5 Å². The van der Waals surface area contributed by atoms with Crippen molar-refractivity contribution in [1.29, 1.82) is 0 Å². The summed E-state index contributed by atoms with van der Waals surface area (Å²) in [4.78, 5) is 11.5. The molecule has 0 bridgehead atoms. The number of ketones is 1. The van der Waals surface area contributed by atoms with Crippen molar-refractivity contribution in [3.05, 3.63) is 11.5 Å². The predicted molar refractivity (Wildman–Crippen MR) is 50.4 cm³/mol. The van der Waals surface area contributed by atoms with Gasteiger partial charge in [0.1, 0.15) is 5.76 Å². The van der Waals surface area contributed by atoms with E-state index in [0.29, 0.717) is 18.1 Å². The van der Waals surface area contributed by atoms with Gasteiger partial charge in [0.25, 0.3) is 0 Å². The Morgan fingerprint density at radius 1 is 1.57 bits per heavy atom. The summed E-state index contributed by atoms with van der Waals surface area (Å²) in [6.45, 7) is 7.60. The van der Waals surface area contributed by atoms with Crippen LogP contribution in [-0.4, -0.2) is 24.8 Å². The third-order valence-electron chi connectivity index (χ3n) is 1.95. The molecule has 0 fully saturated rings. The second kappa shape index (κ2) is 4.46. The third kappa shape index (κ3) is 2.26. The van der Waals surface area contributed by atoms with Crippen LogP contribution in [0.3, 0.4) is 0 Å². The predicted octanol–water partition coefficient (Wildman–Crippen LogP) is 1.60. The van der Waals surface area contributed by atoms with Crippen LogP contribution in [0.15, 0.2) is 11.5 Å².